The number of carbonyl (C=O) groups is 1. The number of para-hydroxylation sites is 1. The first-order chi connectivity index (χ1) is 10.7. The first kappa shape index (κ1) is 18.8. The van der Waals surface area contributed by atoms with Gasteiger partial charge in [0.15, 0.2) is 6.61 Å². The lowest BCUT2D eigenvalue weighted by Gasteiger charge is -2.30. The molecule has 0 aliphatic heterocycles. The van der Waals surface area contributed by atoms with Crippen molar-refractivity contribution >= 4 is 14.0 Å². The Hall–Kier alpha value is -1.29. The van der Waals surface area contributed by atoms with E-state index in [-0.39, 0.29) is 12.6 Å². The topological polar surface area (TPSA) is 35.5 Å². The van der Waals surface area contributed by atoms with Crippen LogP contribution in [-0.2, 0) is 9.53 Å². The highest BCUT2D eigenvalue weighted by Gasteiger charge is 2.32. The van der Waals surface area contributed by atoms with E-state index >= 15 is 0 Å². The molecule has 0 aliphatic carbocycles. The molecule has 0 bridgehead atoms. The van der Waals surface area contributed by atoms with Crippen LogP contribution in [0.2, 0.25) is 18.1 Å². The Balaban J connectivity index is 2.47. The highest BCUT2D eigenvalue weighted by Crippen LogP contribution is 2.26. The van der Waals surface area contributed by atoms with Gasteiger partial charge in [0, 0.05) is 0 Å². The number of rotatable bonds is 11. The van der Waals surface area contributed by atoms with Gasteiger partial charge in [-0.05, 0) is 12.1 Å². The summed E-state index contributed by atoms with van der Waals surface area (Å²) in [6.45, 7) is 6.69. The zero-order valence-corrected chi connectivity index (χ0v) is 15.3. The van der Waals surface area contributed by atoms with Crippen LogP contribution in [0, 0.1) is 0 Å². The maximum absolute atomic E-state index is 12.0. The van der Waals surface area contributed by atoms with E-state index in [1.165, 1.54) is 37.4 Å². The van der Waals surface area contributed by atoms with Crippen LogP contribution in [-0.4, -0.2) is 26.9 Å². The smallest absolute Gasteiger partial charge is 0.343 e. The summed E-state index contributed by atoms with van der Waals surface area (Å²) in [5, 5.41) is 0. The third-order valence-electron chi connectivity index (χ3n) is 3.98. The number of carbonyl (C=O) groups excluding carboxylic acids is 1. The standard InChI is InChI=1S/C18H30O3Si/c1-4-12-22(13-5-2,14-6-3)16-21-18(19)15-20-17-10-8-7-9-11-17/h7-11H,4-6,12-16H2,1-3H3. The first-order valence-corrected chi connectivity index (χ1v) is 11.3. The summed E-state index contributed by atoms with van der Waals surface area (Å²) in [6.07, 6.45) is 4.21. The molecule has 22 heavy (non-hydrogen) atoms. The van der Waals surface area contributed by atoms with E-state index in [1.807, 2.05) is 30.3 Å². The second-order valence-electron chi connectivity index (χ2n) is 6.01. The summed E-state index contributed by atoms with van der Waals surface area (Å²) >= 11 is 0. The lowest BCUT2D eigenvalue weighted by Crippen LogP contribution is -2.41. The Morgan fingerprint density at radius 2 is 1.50 bits per heavy atom. The van der Waals surface area contributed by atoms with Gasteiger partial charge in [0.1, 0.15) is 5.75 Å². The van der Waals surface area contributed by atoms with Crippen LogP contribution in [0.3, 0.4) is 0 Å². The van der Waals surface area contributed by atoms with Crippen molar-refractivity contribution in [1.29, 1.82) is 0 Å². The van der Waals surface area contributed by atoms with Crippen molar-refractivity contribution in [3.63, 3.8) is 0 Å². The Morgan fingerprint density at radius 3 is 2.00 bits per heavy atom. The van der Waals surface area contributed by atoms with E-state index in [0.717, 1.165) is 0 Å². The van der Waals surface area contributed by atoms with Gasteiger partial charge in [0.05, 0.1) is 14.3 Å². The Kier molecular flexibility index (Phi) is 8.90. The average Bonchev–Trinajstić information content (AvgIpc) is 2.53. The SMILES string of the molecule is CCC[Si](CCC)(CCC)COC(=O)COc1ccccc1. The predicted octanol–water partition coefficient (Wildman–Crippen LogP) is 4.83. The molecule has 124 valence electrons. The Morgan fingerprint density at radius 1 is 0.955 bits per heavy atom. The Bertz CT molecular complexity index is 403. The molecule has 0 fully saturated rings. The zero-order valence-electron chi connectivity index (χ0n) is 14.3. The summed E-state index contributed by atoms with van der Waals surface area (Å²) in [4.78, 5) is 12.0. The molecule has 0 spiro atoms. The van der Waals surface area contributed by atoms with Crippen molar-refractivity contribution in [2.24, 2.45) is 0 Å². The predicted molar refractivity (Wildman–Crippen MR) is 93.9 cm³/mol. The number of ether oxygens (including phenoxy) is 2. The van der Waals surface area contributed by atoms with Gasteiger partial charge < -0.3 is 9.47 Å². The molecule has 1 aromatic rings. The molecule has 0 unspecified atom stereocenters. The van der Waals surface area contributed by atoms with Gasteiger partial charge in [0.2, 0.25) is 0 Å². The van der Waals surface area contributed by atoms with Crippen LogP contribution in [0.4, 0.5) is 0 Å². The van der Waals surface area contributed by atoms with Crippen LogP contribution in [0.1, 0.15) is 40.0 Å². The van der Waals surface area contributed by atoms with Crippen LogP contribution in [0.15, 0.2) is 30.3 Å². The second kappa shape index (κ2) is 10.4. The quantitative estimate of drug-likeness (QED) is 0.432. The van der Waals surface area contributed by atoms with Gasteiger partial charge in [-0.15, -0.1) is 0 Å². The van der Waals surface area contributed by atoms with Gasteiger partial charge in [0.25, 0.3) is 0 Å². The number of hydrogen-bond donors (Lipinski definition) is 0. The van der Waals surface area contributed by atoms with Gasteiger partial charge in [-0.1, -0.05) is 76.4 Å². The van der Waals surface area contributed by atoms with Gasteiger partial charge >= 0.3 is 5.97 Å². The minimum absolute atomic E-state index is 0.00112. The maximum Gasteiger partial charge on any atom is 0.343 e. The van der Waals surface area contributed by atoms with E-state index in [4.69, 9.17) is 9.47 Å². The normalized spacial score (nSPS) is 11.2. The van der Waals surface area contributed by atoms with Crippen molar-refractivity contribution in [3.05, 3.63) is 30.3 Å². The van der Waals surface area contributed by atoms with Crippen molar-refractivity contribution in [1.82, 2.24) is 0 Å². The molecule has 1 rings (SSSR count). The lowest BCUT2D eigenvalue weighted by atomic mass is 10.3. The molecule has 0 heterocycles. The fourth-order valence-corrected chi connectivity index (χ4v) is 7.95. The second-order valence-corrected chi connectivity index (χ2v) is 10.8. The van der Waals surface area contributed by atoms with Gasteiger partial charge in [-0.25, -0.2) is 4.79 Å². The molecular formula is C18H30O3Si. The molecule has 0 saturated carbocycles. The summed E-state index contributed by atoms with van der Waals surface area (Å²) in [7, 11) is -1.47. The van der Waals surface area contributed by atoms with Crippen molar-refractivity contribution in [3.8, 4) is 5.75 Å². The molecule has 0 aliphatic rings. The third kappa shape index (κ3) is 6.65. The molecule has 0 radical (unpaired) electrons. The Labute approximate surface area is 136 Å². The van der Waals surface area contributed by atoms with Crippen LogP contribution in [0.25, 0.3) is 0 Å². The zero-order chi connectivity index (χ0) is 16.3. The molecule has 4 heteroatoms. The fraction of sp³-hybridized carbons (Fsp3) is 0.611. The minimum Gasteiger partial charge on any atom is -0.482 e. The van der Waals surface area contributed by atoms with E-state index in [1.54, 1.807) is 0 Å². The number of benzene rings is 1. The largest absolute Gasteiger partial charge is 0.482 e. The molecule has 0 aromatic heterocycles. The summed E-state index contributed by atoms with van der Waals surface area (Å²) < 4.78 is 11.0. The molecule has 0 saturated heterocycles. The van der Waals surface area contributed by atoms with E-state index < -0.39 is 8.07 Å². The van der Waals surface area contributed by atoms with E-state index in [9.17, 15) is 4.79 Å². The highest BCUT2D eigenvalue weighted by atomic mass is 28.3. The summed E-state index contributed by atoms with van der Waals surface area (Å²) in [5.74, 6) is 0.461. The third-order valence-corrected chi connectivity index (χ3v) is 9.42. The molecule has 3 nitrogen and oxygen atoms in total. The van der Waals surface area contributed by atoms with Gasteiger partial charge in [-0.2, -0.15) is 0 Å². The summed E-state index contributed by atoms with van der Waals surface area (Å²) in [5.41, 5.74) is 0. The maximum atomic E-state index is 12.0. The van der Waals surface area contributed by atoms with Gasteiger partial charge in [-0.3, -0.25) is 0 Å². The average molecular weight is 323 g/mol. The molecular weight excluding hydrogens is 292 g/mol. The van der Waals surface area contributed by atoms with Crippen LogP contribution >= 0.6 is 0 Å². The van der Waals surface area contributed by atoms with E-state index in [2.05, 4.69) is 20.8 Å². The first-order valence-electron chi connectivity index (χ1n) is 8.49. The lowest BCUT2D eigenvalue weighted by molar-refractivity contribution is -0.144. The number of hydrogen-bond acceptors (Lipinski definition) is 3. The minimum atomic E-state index is -1.47. The highest BCUT2D eigenvalue weighted by molar-refractivity contribution is 6.79. The van der Waals surface area contributed by atoms with Crippen molar-refractivity contribution < 1.29 is 14.3 Å². The monoisotopic (exact) mass is 322 g/mol. The van der Waals surface area contributed by atoms with Crippen LogP contribution < -0.4 is 4.74 Å². The molecule has 0 atom stereocenters. The molecule has 0 amide bonds. The molecule has 1 aromatic carbocycles. The summed E-state index contributed by atoms with van der Waals surface area (Å²) in [6, 6.07) is 13.1. The number of esters is 1. The molecule has 0 N–H and O–H groups in total. The van der Waals surface area contributed by atoms with Crippen LogP contribution in [0.5, 0.6) is 5.75 Å². The van der Waals surface area contributed by atoms with E-state index in [0.29, 0.717) is 12.0 Å². The van der Waals surface area contributed by atoms with Crippen molar-refractivity contribution in [2.45, 2.75) is 58.2 Å². The fourth-order valence-electron chi connectivity index (χ4n) is 3.12. The van der Waals surface area contributed by atoms with Crippen molar-refractivity contribution in [2.75, 3.05) is 12.8 Å².